The van der Waals surface area contributed by atoms with Gasteiger partial charge in [-0.1, -0.05) is 6.42 Å². The van der Waals surface area contributed by atoms with Gasteiger partial charge in [0, 0.05) is 41.2 Å². The summed E-state index contributed by atoms with van der Waals surface area (Å²) >= 11 is 1.89. The van der Waals surface area contributed by atoms with Gasteiger partial charge in [-0.25, -0.2) is 0 Å². The van der Waals surface area contributed by atoms with Crippen LogP contribution in [-0.2, 0) is 11.3 Å². The van der Waals surface area contributed by atoms with Crippen LogP contribution >= 0.6 is 11.3 Å². The number of carbonyl (C=O) groups excluding carboxylic acids is 1. The average Bonchev–Trinajstić information content (AvgIpc) is 2.65. The number of ketones is 1. The lowest BCUT2D eigenvalue weighted by molar-refractivity contribution is -0.127. The number of hydrogen-bond acceptors (Lipinski definition) is 3. The number of Topliss-reactive ketones (excluding diaryl/α,β-unsaturated/α-hetero) is 1. The van der Waals surface area contributed by atoms with Gasteiger partial charge in [-0.15, -0.1) is 11.3 Å². The summed E-state index contributed by atoms with van der Waals surface area (Å²) in [5.41, 5.74) is 0. The van der Waals surface area contributed by atoms with Crippen molar-refractivity contribution in [3.05, 3.63) is 21.9 Å². The van der Waals surface area contributed by atoms with E-state index in [4.69, 9.17) is 0 Å². The molecular weight excluding hydrogens is 230 g/mol. The minimum atomic E-state index is 0.485. The van der Waals surface area contributed by atoms with Crippen LogP contribution in [0.5, 0.6) is 0 Å². The van der Waals surface area contributed by atoms with Crippen LogP contribution in [-0.4, -0.2) is 22.8 Å². The van der Waals surface area contributed by atoms with Gasteiger partial charge >= 0.3 is 0 Å². The van der Waals surface area contributed by atoms with E-state index in [-0.39, 0.29) is 0 Å². The molecule has 92 valence electrons. The summed E-state index contributed by atoms with van der Waals surface area (Å²) in [4.78, 5) is 17.1. The lowest BCUT2D eigenvalue weighted by Gasteiger charge is -2.45. The number of piperidine rings is 2. The second-order valence-corrected chi connectivity index (χ2v) is 6.74. The summed E-state index contributed by atoms with van der Waals surface area (Å²) < 4.78 is 0. The average molecular weight is 249 g/mol. The fraction of sp³-hybridized carbons (Fsp3) is 0.643. The first-order valence-corrected chi connectivity index (χ1v) is 7.37. The van der Waals surface area contributed by atoms with E-state index in [1.807, 2.05) is 11.3 Å². The highest BCUT2D eigenvalue weighted by Gasteiger charge is 2.37. The van der Waals surface area contributed by atoms with Crippen LogP contribution < -0.4 is 0 Å². The van der Waals surface area contributed by atoms with E-state index in [0.717, 1.165) is 19.4 Å². The molecule has 2 saturated heterocycles. The minimum absolute atomic E-state index is 0.485. The van der Waals surface area contributed by atoms with E-state index in [9.17, 15) is 4.79 Å². The summed E-state index contributed by atoms with van der Waals surface area (Å²) in [7, 11) is 0. The van der Waals surface area contributed by atoms with Crippen molar-refractivity contribution in [1.29, 1.82) is 0 Å². The monoisotopic (exact) mass is 249 g/mol. The number of fused-ring (bicyclic) bond motifs is 2. The molecule has 2 aliphatic rings. The van der Waals surface area contributed by atoms with Gasteiger partial charge in [0.2, 0.25) is 0 Å². The topological polar surface area (TPSA) is 20.3 Å². The third-order valence-electron chi connectivity index (χ3n) is 4.07. The van der Waals surface area contributed by atoms with Gasteiger partial charge in [0.25, 0.3) is 0 Å². The van der Waals surface area contributed by atoms with Gasteiger partial charge in [0.1, 0.15) is 5.78 Å². The smallest absolute Gasteiger partial charge is 0.136 e. The highest BCUT2D eigenvalue weighted by atomic mass is 32.1. The largest absolute Gasteiger partial charge is 0.300 e. The number of aryl methyl sites for hydroxylation is 1. The van der Waals surface area contributed by atoms with Crippen molar-refractivity contribution in [1.82, 2.24) is 4.90 Å². The van der Waals surface area contributed by atoms with E-state index < -0.39 is 0 Å². The number of carbonyl (C=O) groups is 1. The van der Waals surface area contributed by atoms with Crippen molar-refractivity contribution in [3.63, 3.8) is 0 Å². The maximum Gasteiger partial charge on any atom is 0.136 e. The zero-order valence-electron chi connectivity index (χ0n) is 10.3. The summed E-state index contributed by atoms with van der Waals surface area (Å²) in [5, 5.41) is 0. The first kappa shape index (κ1) is 11.4. The first-order valence-electron chi connectivity index (χ1n) is 6.55. The van der Waals surface area contributed by atoms with Gasteiger partial charge < -0.3 is 0 Å². The maximum atomic E-state index is 11.7. The molecule has 0 spiro atoms. The normalized spacial score (nSPS) is 29.6. The quantitative estimate of drug-likeness (QED) is 0.802. The van der Waals surface area contributed by atoms with Gasteiger partial charge in [-0.05, 0) is 31.9 Å². The molecule has 2 fully saturated rings. The van der Waals surface area contributed by atoms with Gasteiger partial charge in [-0.2, -0.15) is 0 Å². The lowest BCUT2D eigenvalue weighted by Crippen LogP contribution is -2.51. The Labute approximate surface area is 107 Å². The van der Waals surface area contributed by atoms with E-state index in [0.29, 0.717) is 17.9 Å². The van der Waals surface area contributed by atoms with E-state index in [1.54, 1.807) is 0 Å². The molecule has 3 rings (SSSR count). The predicted octanol–water partition coefficient (Wildman–Crippen LogP) is 3.14. The molecule has 1 aromatic heterocycles. The van der Waals surface area contributed by atoms with E-state index in [2.05, 4.69) is 24.0 Å². The highest BCUT2D eigenvalue weighted by molar-refractivity contribution is 7.11. The third kappa shape index (κ3) is 2.31. The number of nitrogens with zero attached hydrogens (tertiary/aromatic N) is 1. The van der Waals surface area contributed by atoms with E-state index >= 15 is 0 Å². The summed E-state index contributed by atoms with van der Waals surface area (Å²) in [6.07, 6.45) is 5.32. The Hall–Kier alpha value is -0.670. The Bertz CT molecular complexity index is 410. The highest BCUT2D eigenvalue weighted by Crippen LogP contribution is 2.34. The molecule has 2 bridgehead atoms. The van der Waals surface area contributed by atoms with Gasteiger partial charge in [0.05, 0.1) is 0 Å². The standard InChI is InChI=1S/C14H19NOS/c1-10-5-6-14(17-10)9-15-11-3-2-4-12(15)8-13(16)7-11/h5-6,11-12H,2-4,7-9H2,1H3. The molecule has 0 radical (unpaired) electrons. The Balaban J connectivity index is 1.76. The second kappa shape index (κ2) is 4.54. The summed E-state index contributed by atoms with van der Waals surface area (Å²) in [6.45, 7) is 3.22. The molecule has 0 saturated carbocycles. The maximum absolute atomic E-state index is 11.7. The molecule has 3 heteroatoms. The third-order valence-corrected chi connectivity index (χ3v) is 5.06. The SMILES string of the molecule is Cc1ccc(CN2C3CCCC2CC(=O)C3)s1. The van der Waals surface area contributed by atoms with Crippen LogP contribution in [0.4, 0.5) is 0 Å². The fourth-order valence-corrected chi connectivity index (χ4v) is 4.17. The van der Waals surface area contributed by atoms with Crippen LogP contribution in [0.2, 0.25) is 0 Å². The van der Waals surface area contributed by atoms with Crippen LogP contribution in [0, 0.1) is 6.92 Å². The molecule has 3 heterocycles. The Morgan fingerprint density at radius 3 is 2.59 bits per heavy atom. The molecule has 0 N–H and O–H groups in total. The minimum Gasteiger partial charge on any atom is -0.300 e. The second-order valence-electron chi connectivity index (χ2n) is 5.37. The fourth-order valence-electron chi connectivity index (χ4n) is 3.27. The predicted molar refractivity (Wildman–Crippen MR) is 70.3 cm³/mol. The number of rotatable bonds is 2. The lowest BCUT2D eigenvalue weighted by atomic mass is 9.84. The number of hydrogen-bond donors (Lipinski definition) is 0. The van der Waals surface area contributed by atoms with Crippen LogP contribution in [0.25, 0.3) is 0 Å². The number of thiophene rings is 1. The molecule has 0 aromatic carbocycles. The van der Waals surface area contributed by atoms with Crippen molar-refractivity contribution < 1.29 is 4.79 Å². The molecule has 2 unspecified atom stereocenters. The van der Waals surface area contributed by atoms with Crippen molar-refractivity contribution in [2.75, 3.05) is 0 Å². The Morgan fingerprint density at radius 1 is 1.29 bits per heavy atom. The molecule has 1 aromatic rings. The summed E-state index contributed by atoms with van der Waals surface area (Å²) in [5.74, 6) is 0.485. The van der Waals surface area contributed by atoms with Crippen LogP contribution in [0.15, 0.2) is 12.1 Å². The Kier molecular flexibility index (Phi) is 3.05. The molecule has 0 aliphatic carbocycles. The zero-order valence-corrected chi connectivity index (χ0v) is 11.1. The molecule has 2 nitrogen and oxygen atoms in total. The molecule has 17 heavy (non-hydrogen) atoms. The molecule has 0 amide bonds. The summed E-state index contributed by atoms with van der Waals surface area (Å²) in [6, 6.07) is 5.49. The van der Waals surface area contributed by atoms with Crippen molar-refractivity contribution in [3.8, 4) is 0 Å². The zero-order chi connectivity index (χ0) is 11.8. The molecule has 2 aliphatic heterocycles. The first-order chi connectivity index (χ1) is 8.22. The van der Waals surface area contributed by atoms with E-state index in [1.165, 1.54) is 29.0 Å². The molecular formula is C14H19NOS. The molecule has 2 atom stereocenters. The van der Waals surface area contributed by atoms with Gasteiger partial charge in [-0.3, -0.25) is 9.69 Å². The van der Waals surface area contributed by atoms with Crippen molar-refractivity contribution in [2.45, 2.75) is 57.7 Å². The van der Waals surface area contributed by atoms with Crippen molar-refractivity contribution in [2.24, 2.45) is 0 Å². The van der Waals surface area contributed by atoms with Crippen molar-refractivity contribution >= 4 is 17.1 Å². The van der Waals surface area contributed by atoms with Crippen LogP contribution in [0.1, 0.15) is 41.9 Å². The Morgan fingerprint density at radius 2 is 2.00 bits per heavy atom. The van der Waals surface area contributed by atoms with Gasteiger partial charge in [0.15, 0.2) is 0 Å². The van der Waals surface area contributed by atoms with Crippen LogP contribution in [0.3, 0.4) is 0 Å².